The summed E-state index contributed by atoms with van der Waals surface area (Å²) in [6.45, 7) is 2.97. The maximum Gasteiger partial charge on any atom is 0.272 e. The van der Waals surface area contributed by atoms with Gasteiger partial charge in [-0.2, -0.15) is 0 Å². The summed E-state index contributed by atoms with van der Waals surface area (Å²) in [6.07, 6.45) is 7.82. The summed E-state index contributed by atoms with van der Waals surface area (Å²) >= 11 is 0. The molecule has 24 heavy (non-hydrogen) atoms. The number of imidazole rings is 1. The second kappa shape index (κ2) is 6.77. The molecule has 1 amide bonds. The largest absolute Gasteiger partial charge is 0.341 e. The Hall–Kier alpha value is -2.14. The molecule has 1 aromatic heterocycles. The molecule has 2 aliphatic rings. The Morgan fingerprint density at radius 2 is 1.92 bits per heavy atom. The van der Waals surface area contributed by atoms with Crippen LogP contribution in [-0.4, -0.2) is 50.8 Å². The van der Waals surface area contributed by atoms with E-state index in [-0.39, 0.29) is 5.91 Å². The molecule has 5 heteroatoms. The fourth-order valence-electron chi connectivity index (χ4n) is 4.27. The average molecular weight is 324 g/mol. The van der Waals surface area contributed by atoms with E-state index in [1.807, 2.05) is 0 Å². The molecule has 0 radical (unpaired) electrons. The molecule has 0 bridgehead atoms. The van der Waals surface area contributed by atoms with Crippen LogP contribution < -0.4 is 0 Å². The van der Waals surface area contributed by atoms with Crippen LogP contribution in [0.3, 0.4) is 0 Å². The fraction of sp³-hybridized carbons (Fsp3) is 0.474. The zero-order valence-corrected chi connectivity index (χ0v) is 13.9. The molecular weight excluding hydrogens is 300 g/mol. The SMILES string of the molecule is O=C(c1cnc[nH]1)N1CCC[C@H]1[C@H]1CCCN1Cc1ccccc1. The molecule has 3 heterocycles. The van der Waals surface area contributed by atoms with Crippen LogP contribution in [0.1, 0.15) is 41.7 Å². The Kier molecular flexibility index (Phi) is 4.34. The van der Waals surface area contributed by atoms with Crippen molar-refractivity contribution in [2.75, 3.05) is 13.1 Å². The van der Waals surface area contributed by atoms with Crippen LogP contribution in [0.25, 0.3) is 0 Å². The fourth-order valence-corrected chi connectivity index (χ4v) is 4.27. The second-order valence-corrected chi connectivity index (χ2v) is 6.84. The molecule has 2 aromatic rings. The predicted molar refractivity (Wildman–Crippen MR) is 92.5 cm³/mol. The normalized spacial score (nSPS) is 24.6. The van der Waals surface area contributed by atoms with E-state index in [1.165, 1.54) is 18.4 Å². The summed E-state index contributed by atoms with van der Waals surface area (Å²) in [6, 6.07) is 11.4. The van der Waals surface area contributed by atoms with Crippen molar-refractivity contribution in [3.05, 3.63) is 54.1 Å². The number of amides is 1. The van der Waals surface area contributed by atoms with Gasteiger partial charge < -0.3 is 9.88 Å². The topological polar surface area (TPSA) is 52.2 Å². The summed E-state index contributed by atoms with van der Waals surface area (Å²) in [5, 5.41) is 0. The third kappa shape index (κ3) is 2.96. The van der Waals surface area contributed by atoms with Crippen molar-refractivity contribution in [2.45, 2.75) is 44.3 Å². The minimum Gasteiger partial charge on any atom is -0.341 e. The number of likely N-dealkylation sites (tertiary alicyclic amines) is 2. The van der Waals surface area contributed by atoms with Crippen molar-refractivity contribution in [1.82, 2.24) is 19.8 Å². The van der Waals surface area contributed by atoms with Gasteiger partial charge in [0.1, 0.15) is 5.69 Å². The Bertz CT molecular complexity index is 670. The lowest BCUT2D eigenvalue weighted by Crippen LogP contribution is -2.48. The highest BCUT2D eigenvalue weighted by Crippen LogP contribution is 2.31. The molecule has 2 saturated heterocycles. The number of aromatic nitrogens is 2. The molecule has 2 aliphatic heterocycles. The van der Waals surface area contributed by atoms with Crippen LogP contribution in [0.4, 0.5) is 0 Å². The van der Waals surface area contributed by atoms with E-state index in [0.29, 0.717) is 17.8 Å². The molecule has 1 N–H and O–H groups in total. The van der Waals surface area contributed by atoms with E-state index < -0.39 is 0 Å². The summed E-state index contributed by atoms with van der Waals surface area (Å²) < 4.78 is 0. The molecule has 2 fully saturated rings. The lowest BCUT2D eigenvalue weighted by atomic mass is 10.0. The number of nitrogens with one attached hydrogen (secondary N) is 1. The van der Waals surface area contributed by atoms with Crippen LogP contribution >= 0.6 is 0 Å². The van der Waals surface area contributed by atoms with Gasteiger partial charge in [0.15, 0.2) is 0 Å². The molecule has 0 aliphatic carbocycles. The van der Waals surface area contributed by atoms with E-state index in [0.717, 1.165) is 32.5 Å². The van der Waals surface area contributed by atoms with Gasteiger partial charge in [-0.1, -0.05) is 30.3 Å². The summed E-state index contributed by atoms with van der Waals surface area (Å²) in [4.78, 5) is 24.4. The number of hydrogen-bond donors (Lipinski definition) is 1. The van der Waals surface area contributed by atoms with Crippen molar-refractivity contribution < 1.29 is 4.79 Å². The number of hydrogen-bond acceptors (Lipinski definition) is 3. The van der Waals surface area contributed by atoms with Crippen LogP contribution in [0.2, 0.25) is 0 Å². The zero-order chi connectivity index (χ0) is 16.4. The number of carbonyl (C=O) groups excluding carboxylic acids is 1. The summed E-state index contributed by atoms with van der Waals surface area (Å²) in [5.41, 5.74) is 1.96. The van der Waals surface area contributed by atoms with E-state index in [9.17, 15) is 4.79 Å². The van der Waals surface area contributed by atoms with Gasteiger partial charge in [-0.25, -0.2) is 4.98 Å². The van der Waals surface area contributed by atoms with Gasteiger partial charge in [-0.05, 0) is 37.8 Å². The average Bonchev–Trinajstić information content (AvgIpc) is 3.36. The minimum atomic E-state index is 0.0987. The van der Waals surface area contributed by atoms with Crippen LogP contribution in [0.15, 0.2) is 42.9 Å². The number of aromatic amines is 1. The Morgan fingerprint density at radius 1 is 1.12 bits per heavy atom. The lowest BCUT2D eigenvalue weighted by molar-refractivity contribution is 0.0634. The summed E-state index contributed by atoms with van der Waals surface area (Å²) in [5.74, 6) is 0.0987. The minimum absolute atomic E-state index is 0.0987. The molecule has 2 atom stereocenters. The molecule has 4 rings (SSSR count). The number of carbonyl (C=O) groups is 1. The third-order valence-electron chi connectivity index (χ3n) is 5.38. The van der Waals surface area contributed by atoms with Gasteiger partial charge in [0.25, 0.3) is 5.91 Å². The lowest BCUT2D eigenvalue weighted by Gasteiger charge is -2.35. The van der Waals surface area contributed by atoms with E-state index in [2.05, 4.69) is 50.1 Å². The van der Waals surface area contributed by atoms with Crippen molar-refractivity contribution in [3.63, 3.8) is 0 Å². The van der Waals surface area contributed by atoms with Gasteiger partial charge >= 0.3 is 0 Å². The quantitative estimate of drug-likeness (QED) is 0.941. The van der Waals surface area contributed by atoms with Gasteiger partial charge in [0.2, 0.25) is 0 Å². The first-order valence-electron chi connectivity index (χ1n) is 8.90. The summed E-state index contributed by atoms with van der Waals surface area (Å²) in [7, 11) is 0. The van der Waals surface area contributed by atoms with Crippen LogP contribution in [-0.2, 0) is 6.54 Å². The van der Waals surface area contributed by atoms with Crippen LogP contribution in [0, 0.1) is 0 Å². The van der Waals surface area contributed by atoms with Crippen molar-refractivity contribution in [1.29, 1.82) is 0 Å². The maximum absolute atomic E-state index is 12.8. The highest BCUT2D eigenvalue weighted by Gasteiger charge is 2.40. The van der Waals surface area contributed by atoms with Gasteiger partial charge in [-0.15, -0.1) is 0 Å². The van der Waals surface area contributed by atoms with E-state index in [1.54, 1.807) is 12.5 Å². The third-order valence-corrected chi connectivity index (χ3v) is 5.38. The molecular formula is C19H24N4O. The molecule has 5 nitrogen and oxygen atoms in total. The van der Waals surface area contributed by atoms with Crippen molar-refractivity contribution in [3.8, 4) is 0 Å². The Balaban J connectivity index is 1.49. The first kappa shape index (κ1) is 15.4. The molecule has 126 valence electrons. The first-order chi connectivity index (χ1) is 11.8. The smallest absolute Gasteiger partial charge is 0.272 e. The first-order valence-corrected chi connectivity index (χ1v) is 8.90. The molecule has 0 spiro atoms. The van der Waals surface area contributed by atoms with Crippen molar-refractivity contribution in [2.24, 2.45) is 0 Å². The number of nitrogens with zero attached hydrogens (tertiary/aromatic N) is 3. The number of benzene rings is 1. The predicted octanol–water partition coefficient (Wildman–Crippen LogP) is 2.68. The van der Waals surface area contributed by atoms with Crippen molar-refractivity contribution >= 4 is 5.91 Å². The monoisotopic (exact) mass is 324 g/mol. The molecule has 1 aromatic carbocycles. The Morgan fingerprint density at radius 3 is 2.71 bits per heavy atom. The van der Waals surface area contributed by atoms with E-state index in [4.69, 9.17) is 0 Å². The van der Waals surface area contributed by atoms with Gasteiger partial charge in [-0.3, -0.25) is 9.69 Å². The van der Waals surface area contributed by atoms with Crippen LogP contribution in [0.5, 0.6) is 0 Å². The maximum atomic E-state index is 12.8. The van der Waals surface area contributed by atoms with E-state index >= 15 is 0 Å². The zero-order valence-electron chi connectivity index (χ0n) is 13.9. The number of H-pyrrole nitrogens is 1. The molecule has 0 saturated carbocycles. The molecule has 0 unspecified atom stereocenters. The number of rotatable bonds is 4. The second-order valence-electron chi connectivity index (χ2n) is 6.84. The standard InChI is InChI=1S/C19H24N4O/c24-19(16-12-20-14-21-16)23-11-5-9-18(23)17-8-4-10-22(17)13-15-6-2-1-3-7-15/h1-3,6-7,12,14,17-18H,4-5,8-11,13H2,(H,20,21)/t17-,18+/m1/s1. The van der Waals surface area contributed by atoms with Gasteiger partial charge in [0.05, 0.1) is 12.5 Å². The highest BCUT2D eigenvalue weighted by molar-refractivity contribution is 5.92. The highest BCUT2D eigenvalue weighted by atomic mass is 16.2. The van der Waals surface area contributed by atoms with Gasteiger partial charge in [0, 0.05) is 25.2 Å². The Labute approximate surface area is 142 Å².